The van der Waals surface area contributed by atoms with Gasteiger partial charge >= 0.3 is 0 Å². The Morgan fingerprint density at radius 2 is 2.14 bits per heavy atom. The predicted octanol–water partition coefficient (Wildman–Crippen LogP) is 2.70. The Labute approximate surface area is 86.1 Å². The van der Waals surface area contributed by atoms with Gasteiger partial charge in [0, 0.05) is 6.54 Å². The minimum Gasteiger partial charge on any atom is -0.316 e. The van der Waals surface area contributed by atoms with Crippen molar-refractivity contribution in [2.24, 2.45) is 0 Å². The second-order valence-corrected chi connectivity index (χ2v) is 3.90. The average molecular weight is 218 g/mol. The van der Waals surface area contributed by atoms with E-state index in [1.807, 2.05) is 0 Å². The van der Waals surface area contributed by atoms with Crippen LogP contribution in [0.1, 0.15) is 17.9 Å². The fourth-order valence-electron chi connectivity index (χ4n) is 1.75. The molecule has 14 heavy (non-hydrogen) atoms. The molecule has 1 N–H and O–H groups in total. The van der Waals surface area contributed by atoms with Gasteiger partial charge in [-0.15, -0.1) is 0 Å². The number of nitrogens with one attached hydrogen (secondary N) is 1. The summed E-state index contributed by atoms with van der Waals surface area (Å²) in [4.78, 5) is 0. The summed E-state index contributed by atoms with van der Waals surface area (Å²) in [7, 11) is 0. The first-order chi connectivity index (χ1) is 6.68. The molecule has 1 nitrogen and oxygen atoms in total. The second kappa shape index (κ2) is 3.83. The van der Waals surface area contributed by atoms with E-state index in [1.54, 1.807) is 0 Å². The Hall–Kier alpha value is -0.670. The van der Waals surface area contributed by atoms with Gasteiger partial charge in [-0.2, -0.15) is 0 Å². The monoisotopic (exact) mass is 217 g/mol. The van der Waals surface area contributed by atoms with Crippen molar-refractivity contribution in [1.29, 1.82) is 0 Å². The molecule has 0 saturated carbocycles. The van der Waals surface area contributed by atoms with E-state index in [0.29, 0.717) is 0 Å². The second-order valence-electron chi connectivity index (χ2n) is 3.49. The number of halogens is 3. The van der Waals surface area contributed by atoms with Gasteiger partial charge in [-0.3, -0.25) is 0 Å². The van der Waals surface area contributed by atoms with E-state index < -0.39 is 11.6 Å². The molecular formula is C10H10ClF2N. The molecule has 0 bridgehead atoms. The van der Waals surface area contributed by atoms with Gasteiger partial charge in [0.2, 0.25) is 0 Å². The van der Waals surface area contributed by atoms with Crippen LogP contribution >= 0.6 is 11.6 Å². The van der Waals surface area contributed by atoms with E-state index in [0.717, 1.165) is 25.1 Å². The largest absolute Gasteiger partial charge is 0.316 e. The minimum atomic E-state index is -0.957. The van der Waals surface area contributed by atoms with Crippen molar-refractivity contribution >= 4 is 11.6 Å². The van der Waals surface area contributed by atoms with Gasteiger partial charge in [0.1, 0.15) is 0 Å². The fourth-order valence-corrected chi connectivity index (χ4v) is 1.97. The first-order valence-corrected chi connectivity index (χ1v) is 4.91. The van der Waals surface area contributed by atoms with Crippen LogP contribution in [0.4, 0.5) is 8.78 Å². The van der Waals surface area contributed by atoms with Gasteiger partial charge in [-0.1, -0.05) is 11.6 Å². The Morgan fingerprint density at radius 3 is 2.71 bits per heavy atom. The van der Waals surface area contributed by atoms with Crippen LogP contribution < -0.4 is 5.32 Å². The molecule has 1 heterocycles. The first-order valence-electron chi connectivity index (χ1n) is 4.53. The molecule has 1 aliphatic heterocycles. The zero-order valence-corrected chi connectivity index (χ0v) is 8.24. The van der Waals surface area contributed by atoms with Crippen molar-refractivity contribution in [3.05, 3.63) is 34.4 Å². The molecule has 1 aromatic carbocycles. The summed E-state index contributed by atoms with van der Waals surface area (Å²) in [5.41, 5.74) is 0.777. The number of rotatable bonds is 1. The quantitative estimate of drug-likeness (QED) is 0.714. The zero-order valence-electron chi connectivity index (χ0n) is 7.49. The van der Waals surface area contributed by atoms with Crippen molar-refractivity contribution in [3.63, 3.8) is 0 Å². The van der Waals surface area contributed by atoms with Crippen LogP contribution in [-0.4, -0.2) is 13.1 Å². The van der Waals surface area contributed by atoms with Gasteiger partial charge < -0.3 is 5.32 Å². The number of hydrogen-bond donors (Lipinski definition) is 1. The van der Waals surface area contributed by atoms with Gasteiger partial charge in [-0.25, -0.2) is 8.78 Å². The van der Waals surface area contributed by atoms with Crippen LogP contribution in [0.3, 0.4) is 0 Å². The third kappa shape index (κ3) is 1.74. The molecule has 0 radical (unpaired) electrons. The summed E-state index contributed by atoms with van der Waals surface area (Å²) in [6.07, 6.45) is 0.946. The Bertz CT molecular complexity index is 325. The molecule has 1 aliphatic rings. The lowest BCUT2D eigenvalue weighted by Gasteiger charge is -2.09. The van der Waals surface area contributed by atoms with Crippen molar-refractivity contribution < 1.29 is 8.78 Å². The lowest BCUT2D eigenvalue weighted by Crippen LogP contribution is -2.08. The van der Waals surface area contributed by atoms with Crippen molar-refractivity contribution in [2.75, 3.05) is 13.1 Å². The average Bonchev–Trinajstić information content (AvgIpc) is 2.66. The number of benzene rings is 1. The summed E-state index contributed by atoms with van der Waals surface area (Å²) in [5, 5.41) is 3.03. The van der Waals surface area contributed by atoms with Crippen LogP contribution in [0.5, 0.6) is 0 Å². The third-order valence-electron chi connectivity index (χ3n) is 2.54. The lowest BCUT2D eigenvalue weighted by atomic mass is 9.98. The molecule has 0 amide bonds. The van der Waals surface area contributed by atoms with E-state index in [-0.39, 0.29) is 10.9 Å². The molecule has 1 aromatic rings. The van der Waals surface area contributed by atoms with E-state index in [4.69, 9.17) is 11.6 Å². The SMILES string of the molecule is Fc1cc(C2CCNC2)cc(Cl)c1F. The predicted molar refractivity (Wildman–Crippen MR) is 51.6 cm³/mol. The highest BCUT2D eigenvalue weighted by molar-refractivity contribution is 6.30. The fraction of sp³-hybridized carbons (Fsp3) is 0.400. The summed E-state index contributed by atoms with van der Waals surface area (Å²) < 4.78 is 25.9. The molecule has 1 fully saturated rings. The molecule has 1 unspecified atom stereocenters. The van der Waals surface area contributed by atoms with Crippen molar-refractivity contribution in [3.8, 4) is 0 Å². The maximum absolute atomic E-state index is 13.0. The van der Waals surface area contributed by atoms with Gasteiger partial charge in [0.05, 0.1) is 5.02 Å². The molecule has 76 valence electrons. The molecule has 1 saturated heterocycles. The maximum Gasteiger partial charge on any atom is 0.177 e. The Morgan fingerprint density at radius 1 is 1.36 bits per heavy atom. The van der Waals surface area contributed by atoms with Crippen LogP contribution in [-0.2, 0) is 0 Å². The molecule has 0 aliphatic carbocycles. The molecule has 0 spiro atoms. The summed E-state index contributed by atoms with van der Waals surface area (Å²) in [5.74, 6) is -1.57. The van der Waals surface area contributed by atoms with E-state index in [1.165, 1.54) is 12.1 Å². The number of hydrogen-bond acceptors (Lipinski definition) is 1. The van der Waals surface area contributed by atoms with E-state index in [9.17, 15) is 8.78 Å². The zero-order chi connectivity index (χ0) is 10.1. The summed E-state index contributed by atoms with van der Waals surface area (Å²) in [6, 6.07) is 2.75. The van der Waals surface area contributed by atoms with Crippen LogP contribution in [0, 0.1) is 11.6 Å². The highest BCUT2D eigenvalue weighted by atomic mass is 35.5. The van der Waals surface area contributed by atoms with Crippen molar-refractivity contribution in [2.45, 2.75) is 12.3 Å². The van der Waals surface area contributed by atoms with Crippen LogP contribution in [0.25, 0.3) is 0 Å². The summed E-state index contributed by atoms with van der Waals surface area (Å²) in [6.45, 7) is 1.72. The smallest absolute Gasteiger partial charge is 0.177 e. The molecular weight excluding hydrogens is 208 g/mol. The van der Waals surface area contributed by atoms with Gasteiger partial charge in [-0.05, 0) is 36.6 Å². The normalized spacial score (nSPS) is 21.5. The minimum absolute atomic E-state index is 0.132. The Kier molecular flexibility index (Phi) is 2.70. The molecule has 4 heteroatoms. The highest BCUT2D eigenvalue weighted by Crippen LogP contribution is 2.27. The Balaban J connectivity index is 2.34. The summed E-state index contributed by atoms with van der Waals surface area (Å²) >= 11 is 5.56. The van der Waals surface area contributed by atoms with Gasteiger partial charge in [0.15, 0.2) is 11.6 Å². The lowest BCUT2D eigenvalue weighted by molar-refractivity contribution is 0.506. The van der Waals surface area contributed by atoms with Crippen LogP contribution in [0.15, 0.2) is 12.1 Å². The van der Waals surface area contributed by atoms with E-state index >= 15 is 0 Å². The standard InChI is InChI=1S/C10H10ClF2N/c11-8-3-7(4-9(12)10(8)13)6-1-2-14-5-6/h3-4,6,14H,1-2,5H2. The van der Waals surface area contributed by atoms with E-state index in [2.05, 4.69) is 5.32 Å². The molecule has 2 rings (SSSR count). The topological polar surface area (TPSA) is 12.0 Å². The van der Waals surface area contributed by atoms with Crippen LogP contribution in [0.2, 0.25) is 5.02 Å². The van der Waals surface area contributed by atoms with Crippen molar-refractivity contribution in [1.82, 2.24) is 5.32 Å². The first kappa shape index (κ1) is 9.87. The molecule has 0 aromatic heterocycles. The maximum atomic E-state index is 13.0. The third-order valence-corrected chi connectivity index (χ3v) is 2.81. The highest BCUT2D eigenvalue weighted by Gasteiger charge is 2.19. The molecule has 1 atom stereocenters. The van der Waals surface area contributed by atoms with Gasteiger partial charge in [0.25, 0.3) is 0 Å².